The van der Waals surface area contributed by atoms with Crippen LogP contribution in [-0.2, 0) is 4.74 Å². The smallest absolute Gasteiger partial charge is 0.233 e. The van der Waals surface area contributed by atoms with Gasteiger partial charge in [-0.15, -0.1) is 0 Å². The van der Waals surface area contributed by atoms with Gasteiger partial charge in [0.1, 0.15) is 18.1 Å². The van der Waals surface area contributed by atoms with Crippen molar-refractivity contribution in [1.29, 1.82) is 0 Å². The third-order valence-corrected chi connectivity index (χ3v) is 2.69. The maximum absolute atomic E-state index is 10.7. The van der Waals surface area contributed by atoms with Gasteiger partial charge >= 0.3 is 0 Å². The van der Waals surface area contributed by atoms with Crippen LogP contribution in [0.25, 0.3) is 11.4 Å². The molecule has 0 N–H and O–H groups in total. The summed E-state index contributed by atoms with van der Waals surface area (Å²) >= 11 is 0. The fraction of sp³-hybridized carbons (Fsp3) is 0.231. The Kier molecular flexibility index (Phi) is 3.16. The van der Waals surface area contributed by atoms with Crippen molar-refractivity contribution in [1.82, 2.24) is 15.0 Å². The van der Waals surface area contributed by atoms with Crippen LogP contribution in [0.1, 0.15) is 10.4 Å². The molecule has 1 aliphatic heterocycles. The van der Waals surface area contributed by atoms with Crippen LogP contribution in [0.3, 0.4) is 0 Å². The quantitative estimate of drug-likeness (QED) is 0.764. The number of nitrogens with zero attached hydrogens (tertiary/aromatic N) is 3. The first-order chi connectivity index (χ1) is 9.35. The van der Waals surface area contributed by atoms with Crippen LogP contribution in [0.2, 0.25) is 0 Å². The molecular weight excluding hydrogens is 246 g/mol. The Morgan fingerprint density at radius 3 is 2.95 bits per heavy atom. The molecule has 6 heteroatoms. The molecule has 96 valence electrons. The molecule has 2 aromatic heterocycles. The molecule has 0 bridgehead atoms. The summed E-state index contributed by atoms with van der Waals surface area (Å²) in [6.45, 7) is 1.15. The van der Waals surface area contributed by atoms with E-state index in [0.29, 0.717) is 36.0 Å². The van der Waals surface area contributed by atoms with E-state index in [4.69, 9.17) is 9.47 Å². The molecule has 2 aromatic rings. The number of carbonyl (C=O) groups excluding carboxylic acids is 1. The number of hydrogen-bond donors (Lipinski definition) is 0. The van der Waals surface area contributed by atoms with E-state index in [0.717, 1.165) is 6.29 Å². The van der Waals surface area contributed by atoms with Gasteiger partial charge in [-0.2, -0.15) is 0 Å². The van der Waals surface area contributed by atoms with Crippen molar-refractivity contribution in [3.8, 4) is 17.3 Å². The average Bonchev–Trinajstić information content (AvgIpc) is 2.43. The molecule has 3 rings (SSSR count). The molecule has 19 heavy (non-hydrogen) atoms. The molecule has 0 amide bonds. The number of aldehydes is 1. The minimum atomic E-state index is 0.0406. The summed E-state index contributed by atoms with van der Waals surface area (Å²) in [6.07, 6.45) is 5.50. The molecule has 3 heterocycles. The number of aromatic nitrogens is 3. The topological polar surface area (TPSA) is 74.2 Å². The van der Waals surface area contributed by atoms with Crippen LogP contribution < -0.4 is 4.74 Å². The first-order valence-corrected chi connectivity index (χ1v) is 5.83. The van der Waals surface area contributed by atoms with Crippen molar-refractivity contribution in [3.63, 3.8) is 0 Å². The summed E-state index contributed by atoms with van der Waals surface area (Å²) in [6, 6.07) is 3.29. The zero-order chi connectivity index (χ0) is 13.1. The van der Waals surface area contributed by atoms with Gasteiger partial charge in [0.05, 0.1) is 31.3 Å². The van der Waals surface area contributed by atoms with Crippen LogP contribution in [0.5, 0.6) is 5.88 Å². The average molecular weight is 257 g/mol. The Balaban J connectivity index is 1.86. The minimum absolute atomic E-state index is 0.0406. The van der Waals surface area contributed by atoms with Crippen molar-refractivity contribution in [3.05, 3.63) is 36.3 Å². The summed E-state index contributed by atoms with van der Waals surface area (Å²) in [7, 11) is 0. The van der Waals surface area contributed by atoms with Crippen LogP contribution in [0.4, 0.5) is 0 Å². The molecule has 0 saturated carbocycles. The predicted molar refractivity (Wildman–Crippen MR) is 65.9 cm³/mol. The van der Waals surface area contributed by atoms with E-state index in [9.17, 15) is 4.79 Å². The fourth-order valence-electron chi connectivity index (χ4n) is 1.64. The highest BCUT2D eigenvalue weighted by molar-refractivity contribution is 5.76. The van der Waals surface area contributed by atoms with Crippen molar-refractivity contribution in [2.75, 3.05) is 13.2 Å². The Morgan fingerprint density at radius 1 is 1.32 bits per heavy atom. The minimum Gasteiger partial charge on any atom is -0.468 e. The number of carbonyl (C=O) groups is 1. The van der Waals surface area contributed by atoms with Crippen LogP contribution in [0, 0.1) is 0 Å². The molecule has 0 radical (unpaired) electrons. The number of pyridine rings is 1. The van der Waals surface area contributed by atoms with Gasteiger partial charge in [-0.3, -0.25) is 14.8 Å². The van der Waals surface area contributed by atoms with Crippen LogP contribution >= 0.6 is 0 Å². The van der Waals surface area contributed by atoms with E-state index in [-0.39, 0.29) is 6.10 Å². The van der Waals surface area contributed by atoms with E-state index in [1.54, 1.807) is 30.7 Å². The van der Waals surface area contributed by atoms with Gasteiger partial charge in [0, 0.05) is 11.8 Å². The largest absolute Gasteiger partial charge is 0.468 e. The molecule has 0 aromatic carbocycles. The van der Waals surface area contributed by atoms with E-state index < -0.39 is 0 Å². The lowest BCUT2D eigenvalue weighted by Gasteiger charge is -2.25. The van der Waals surface area contributed by atoms with Gasteiger partial charge in [0.25, 0.3) is 0 Å². The SMILES string of the molecule is O=Cc1ccnc(-c2cncc(OC3COC3)n2)c1. The second-order valence-corrected chi connectivity index (χ2v) is 4.11. The Hall–Kier alpha value is -2.34. The van der Waals surface area contributed by atoms with Crippen molar-refractivity contribution >= 4 is 6.29 Å². The summed E-state index contributed by atoms with van der Waals surface area (Å²) in [5, 5.41) is 0. The van der Waals surface area contributed by atoms with Gasteiger partial charge in [0.2, 0.25) is 5.88 Å². The summed E-state index contributed by atoms with van der Waals surface area (Å²) in [5.74, 6) is 0.434. The van der Waals surface area contributed by atoms with Gasteiger partial charge in [0.15, 0.2) is 0 Å². The number of rotatable bonds is 4. The highest BCUT2D eigenvalue weighted by Gasteiger charge is 2.21. The van der Waals surface area contributed by atoms with E-state index >= 15 is 0 Å². The van der Waals surface area contributed by atoms with Crippen LogP contribution in [-0.4, -0.2) is 40.6 Å². The third kappa shape index (κ3) is 2.58. The van der Waals surface area contributed by atoms with Crippen molar-refractivity contribution in [2.24, 2.45) is 0 Å². The Morgan fingerprint density at radius 2 is 2.21 bits per heavy atom. The zero-order valence-electron chi connectivity index (χ0n) is 10.0. The van der Waals surface area contributed by atoms with Gasteiger partial charge in [-0.1, -0.05) is 0 Å². The lowest BCUT2D eigenvalue weighted by molar-refractivity contribution is -0.0814. The third-order valence-electron chi connectivity index (χ3n) is 2.69. The van der Waals surface area contributed by atoms with Gasteiger partial charge in [-0.25, -0.2) is 4.98 Å². The van der Waals surface area contributed by atoms with E-state index in [1.165, 1.54) is 0 Å². The second kappa shape index (κ2) is 5.11. The maximum atomic E-state index is 10.7. The standard InChI is InChI=1S/C13H11N3O3/c17-6-9-1-2-15-11(3-9)12-4-14-5-13(16-12)19-10-7-18-8-10/h1-6,10H,7-8H2. The summed E-state index contributed by atoms with van der Waals surface area (Å²) in [4.78, 5) is 23.3. The first kappa shape index (κ1) is 11.7. The highest BCUT2D eigenvalue weighted by Crippen LogP contribution is 2.18. The molecule has 1 saturated heterocycles. The zero-order valence-corrected chi connectivity index (χ0v) is 10.0. The second-order valence-electron chi connectivity index (χ2n) is 4.11. The summed E-state index contributed by atoms with van der Waals surface area (Å²) in [5.41, 5.74) is 1.71. The van der Waals surface area contributed by atoms with Crippen LogP contribution in [0.15, 0.2) is 30.7 Å². The predicted octanol–water partition coefficient (Wildman–Crippen LogP) is 1.13. The number of hydrogen-bond acceptors (Lipinski definition) is 6. The first-order valence-electron chi connectivity index (χ1n) is 5.83. The van der Waals surface area contributed by atoms with Crippen molar-refractivity contribution < 1.29 is 14.3 Å². The Labute approximate surface area is 109 Å². The molecule has 1 aliphatic rings. The summed E-state index contributed by atoms with van der Waals surface area (Å²) < 4.78 is 10.6. The molecule has 0 spiro atoms. The van der Waals surface area contributed by atoms with E-state index in [2.05, 4.69) is 15.0 Å². The van der Waals surface area contributed by atoms with E-state index in [1.807, 2.05) is 0 Å². The van der Waals surface area contributed by atoms with Crippen molar-refractivity contribution in [2.45, 2.75) is 6.10 Å². The van der Waals surface area contributed by atoms with Gasteiger partial charge < -0.3 is 9.47 Å². The van der Waals surface area contributed by atoms with Gasteiger partial charge in [-0.05, 0) is 12.1 Å². The number of ether oxygens (including phenoxy) is 2. The Bertz CT molecular complexity index is 599. The lowest BCUT2D eigenvalue weighted by atomic mass is 10.2. The fourth-order valence-corrected chi connectivity index (χ4v) is 1.64. The maximum Gasteiger partial charge on any atom is 0.233 e. The molecule has 0 aliphatic carbocycles. The lowest BCUT2D eigenvalue weighted by Crippen LogP contribution is -2.38. The highest BCUT2D eigenvalue weighted by atomic mass is 16.6. The molecular formula is C13H11N3O3. The monoisotopic (exact) mass is 257 g/mol. The normalized spacial score (nSPS) is 14.7. The molecule has 0 unspecified atom stereocenters. The molecule has 1 fully saturated rings. The molecule has 6 nitrogen and oxygen atoms in total. The molecule has 0 atom stereocenters.